The largest absolute Gasteiger partial charge is 0.399 e. The van der Waals surface area contributed by atoms with E-state index in [4.69, 9.17) is 23.1 Å². The first-order valence-electron chi connectivity index (χ1n) is 6.73. The van der Waals surface area contributed by atoms with Gasteiger partial charge in [0.2, 0.25) is 0 Å². The van der Waals surface area contributed by atoms with Crippen LogP contribution in [0.2, 0.25) is 0 Å². The molecule has 4 nitrogen and oxygen atoms in total. The quantitative estimate of drug-likeness (QED) is 0.744. The molecule has 1 aromatic carbocycles. The Morgan fingerprint density at radius 3 is 2.86 bits per heavy atom. The molecule has 21 heavy (non-hydrogen) atoms. The van der Waals surface area contributed by atoms with E-state index in [0.29, 0.717) is 17.3 Å². The highest BCUT2D eigenvalue weighted by atomic mass is 35.5. The number of nitrogens with zero attached hydrogens (tertiary/aromatic N) is 1. The predicted octanol–water partition coefficient (Wildman–Crippen LogP) is 2.27. The summed E-state index contributed by atoms with van der Waals surface area (Å²) in [5.74, 6) is 0. The average molecular weight is 301 g/mol. The molecule has 0 amide bonds. The van der Waals surface area contributed by atoms with Gasteiger partial charge in [-0.15, -0.1) is 0 Å². The number of aryl methyl sites for hydroxylation is 1. The molecule has 1 aromatic heterocycles. The minimum absolute atomic E-state index is 0.491. The number of benzene rings is 1. The number of rotatable bonds is 2. The Morgan fingerprint density at radius 2 is 2.05 bits per heavy atom. The third-order valence-corrected chi connectivity index (χ3v) is 3.86. The first kappa shape index (κ1) is 13.9. The fourth-order valence-electron chi connectivity index (χ4n) is 2.49. The minimum atomic E-state index is -0.863. The van der Waals surface area contributed by atoms with Crippen molar-refractivity contribution in [3.8, 4) is 0 Å². The predicted molar refractivity (Wildman–Crippen MR) is 86.4 cm³/mol. The molecule has 0 aliphatic carbocycles. The van der Waals surface area contributed by atoms with E-state index >= 15 is 0 Å². The number of pyridine rings is 1. The number of hydrogen-bond donors (Lipinski definition) is 3. The zero-order valence-electron chi connectivity index (χ0n) is 11.7. The van der Waals surface area contributed by atoms with Gasteiger partial charge in [-0.3, -0.25) is 4.98 Å². The van der Waals surface area contributed by atoms with Gasteiger partial charge in [-0.05, 0) is 42.8 Å². The SMILES string of the molecule is Cc1ccc2cc(CC3(N)NC(Cl)=CC=C3N)ccc2n1. The van der Waals surface area contributed by atoms with Crippen LogP contribution in [0.25, 0.3) is 10.9 Å². The van der Waals surface area contributed by atoms with Gasteiger partial charge < -0.3 is 16.8 Å². The Hall–Kier alpha value is -2.04. The summed E-state index contributed by atoms with van der Waals surface area (Å²) in [5, 5.41) is 4.62. The van der Waals surface area contributed by atoms with Crippen molar-refractivity contribution in [3.63, 3.8) is 0 Å². The van der Waals surface area contributed by atoms with Crippen LogP contribution in [0, 0.1) is 6.92 Å². The van der Waals surface area contributed by atoms with Crippen molar-refractivity contribution in [2.45, 2.75) is 19.0 Å². The fraction of sp³-hybridized carbons (Fsp3) is 0.188. The molecule has 0 fully saturated rings. The third-order valence-electron chi connectivity index (χ3n) is 3.64. The topological polar surface area (TPSA) is 77.0 Å². The molecule has 1 unspecified atom stereocenters. The Balaban J connectivity index is 1.93. The summed E-state index contributed by atoms with van der Waals surface area (Å²) in [4.78, 5) is 4.49. The summed E-state index contributed by atoms with van der Waals surface area (Å²) in [5.41, 5.74) is 15.1. The van der Waals surface area contributed by atoms with Crippen LogP contribution in [0.15, 0.2) is 53.3 Å². The van der Waals surface area contributed by atoms with Crippen LogP contribution in [0.1, 0.15) is 11.3 Å². The lowest BCUT2D eigenvalue weighted by atomic mass is 9.94. The first-order chi connectivity index (χ1) is 9.96. The Morgan fingerprint density at radius 1 is 1.24 bits per heavy atom. The van der Waals surface area contributed by atoms with Crippen molar-refractivity contribution in [1.29, 1.82) is 0 Å². The fourth-order valence-corrected chi connectivity index (χ4v) is 2.73. The lowest BCUT2D eigenvalue weighted by Crippen LogP contribution is -2.58. The van der Waals surface area contributed by atoms with Crippen LogP contribution in [0.4, 0.5) is 0 Å². The van der Waals surface area contributed by atoms with Crippen molar-refractivity contribution in [3.05, 3.63) is 64.6 Å². The number of nitrogens with one attached hydrogen (secondary N) is 1. The number of allylic oxidation sites excluding steroid dienone is 2. The zero-order chi connectivity index (χ0) is 15.0. The molecule has 0 radical (unpaired) electrons. The second-order valence-electron chi connectivity index (χ2n) is 5.39. The second kappa shape index (κ2) is 5.06. The molecule has 1 atom stereocenters. The van der Waals surface area contributed by atoms with Gasteiger partial charge in [0.15, 0.2) is 0 Å². The monoisotopic (exact) mass is 300 g/mol. The standard InChI is InChI=1S/C16H17ClN4/c1-10-2-4-12-8-11(3-5-13(12)20-10)9-16(19)14(18)6-7-15(17)21-16/h2-8,21H,9,18-19H2,1H3. The van der Waals surface area contributed by atoms with Crippen molar-refractivity contribution in [1.82, 2.24) is 10.3 Å². The lowest BCUT2D eigenvalue weighted by Gasteiger charge is -2.34. The van der Waals surface area contributed by atoms with Gasteiger partial charge in [-0.25, -0.2) is 0 Å². The first-order valence-corrected chi connectivity index (χ1v) is 7.11. The number of halogens is 1. The van der Waals surface area contributed by atoms with E-state index < -0.39 is 5.66 Å². The van der Waals surface area contributed by atoms with Crippen molar-refractivity contribution in [2.75, 3.05) is 0 Å². The van der Waals surface area contributed by atoms with Crippen LogP contribution in [-0.2, 0) is 6.42 Å². The summed E-state index contributed by atoms with van der Waals surface area (Å²) in [6.45, 7) is 1.98. The number of nitrogens with two attached hydrogens (primary N) is 2. The van der Waals surface area contributed by atoms with Gasteiger partial charge >= 0.3 is 0 Å². The van der Waals surface area contributed by atoms with Crippen molar-refractivity contribution >= 4 is 22.5 Å². The molecular weight excluding hydrogens is 284 g/mol. The molecule has 0 bridgehead atoms. The summed E-state index contributed by atoms with van der Waals surface area (Å²) >= 11 is 6.00. The Bertz CT molecular complexity index is 766. The van der Waals surface area contributed by atoms with E-state index in [0.717, 1.165) is 22.2 Å². The highest BCUT2D eigenvalue weighted by molar-refractivity contribution is 6.29. The Labute approximate surface area is 128 Å². The smallest absolute Gasteiger partial charge is 0.131 e. The molecule has 0 saturated heterocycles. The maximum Gasteiger partial charge on any atom is 0.131 e. The summed E-state index contributed by atoms with van der Waals surface area (Å²) in [6, 6.07) is 10.2. The van der Waals surface area contributed by atoms with Crippen LogP contribution in [0.3, 0.4) is 0 Å². The Kier molecular flexibility index (Phi) is 3.35. The van der Waals surface area contributed by atoms with E-state index in [1.54, 1.807) is 12.2 Å². The van der Waals surface area contributed by atoms with Gasteiger partial charge in [0.1, 0.15) is 10.8 Å². The minimum Gasteiger partial charge on any atom is -0.399 e. The van der Waals surface area contributed by atoms with E-state index in [1.165, 1.54) is 0 Å². The summed E-state index contributed by atoms with van der Waals surface area (Å²) < 4.78 is 0. The van der Waals surface area contributed by atoms with Gasteiger partial charge in [-0.2, -0.15) is 0 Å². The maximum absolute atomic E-state index is 6.35. The molecule has 0 saturated carbocycles. The van der Waals surface area contributed by atoms with E-state index in [-0.39, 0.29) is 0 Å². The molecule has 108 valence electrons. The maximum atomic E-state index is 6.35. The van der Waals surface area contributed by atoms with Gasteiger partial charge in [0.05, 0.1) is 5.52 Å². The normalized spacial score (nSPS) is 21.7. The molecule has 3 rings (SSSR count). The van der Waals surface area contributed by atoms with Crippen molar-refractivity contribution in [2.24, 2.45) is 11.5 Å². The summed E-state index contributed by atoms with van der Waals surface area (Å²) in [7, 11) is 0. The molecule has 1 aliphatic heterocycles. The zero-order valence-corrected chi connectivity index (χ0v) is 12.5. The molecule has 1 aliphatic rings. The number of dihydropyridines is 1. The molecular formula is C16H17ClN4. The highest BCUT2D eigenvalue weighted by Crippen LogP contribution is 2.23. The average Bonchev–Trinajstić information content (AvgIpc) is 2.43. The molecule has 2 heterocycles. The molecule has 2 aromatic rings. The van der Waals surface area contributed by atoms with Crippen LogP contribution in [-0.4, -0.2) is 10.6 Å². The van der Waals surface area contributed by atoms with Gasteiger partial charge in [0.25, 0.3) is 0 Å². The number of aromatic nitrogens is 1. The molecule has 5 N–H and O–H groups in total. The molecule has 0 spiro atoms. The van der Waals surface area contributed by atoms with Crippen LogP contribution < -0.4 is 16.8 Å². The third kappa shape index (κ3) is 2.73. The second-order valence-corrected chi connectivity index (χ2v) is 5.80. The van der Waals surface area contributed by atoms with E-state index in [2.05, 4.69) is 22.4 Å². The van der Waals surface area contributed by atoms with E-state index in [9.17, 15) is 0 Å². The van der Waals surface area contributed by atoms with Gasteiger partial charge in [-0.1, -0.05) is 23.7 Å². The number of hydrogen-bond acceptors (Lipinski definition) is 4. The van der Waals surface area contributed by atoms with E-state index in [1.807, 2.05) is 25.1 Å². The highest BCUT2D eigenvalue weighted by Gasteiger charge is 2.30. The van der Waals surface area contributed by atoms with Crippen LogP contribution in [0.5, 0.6) is 0 Å². The van der Waals surface area contributed by atoms with Gasteiger partial charge in [0, 0.05) is 23.2 Å². The number of fused-ring (bicyclic) bond motifs is 1. The lowest BCUT2D eigenvalue weighted by molar-refractivity contribution is 0.428. The summed E-state index contributed by atoms with van der Waals surface area (Å²) in [6.07, 6.45) is 3.99. The van der Waals surface area contributed by atoms with Crippen LogP contribution >= 0.6 is 11.6 Å². The molecule has 5 heteroatoms. The van der Waals surface area contributed by atoms with Crippen molar-refractivity contribution < 1.29 is 0 Å².